The van der Waals surface area contributed by atoms with Crippen molar-refractivity contribution >= 4 is 29.1 Å². The van der Waals surface area contributed by atoms with Gasteiger partial charge < -0.3 is 0 Å². The zero-order chi connectivity index (χ0) is 13.1. The highest BCUT2D eigenvalue weighted by Crippen LogP contribution is 2.53. The lowest BCUT2D eigenvalue weighted by atomic mass is 9.85. The second-order valence-electron chi connectivity index (χ2n) is 5.46. The molecule has 1 saturated carbocycles. The number of nitrogens with zero attached hydrogens (tertiary/aromatic N) is 1. The molecule has 4 heteroatoms. The molecule has 4 rings (SSSR count). The lowest BCUT2D eigenvalue weighted by molar-refractivity contribution is -0.123. The van der Waals surface area contributed by atoms with Gasteiger partial charge in [-0.2, -0.15) is 0 Å². The summed E-state index contributed by atoms with van der Waals surface area (Å²) in [5.41, 5.74) is 0.521. The summed E-state index contributed by atoms with van der Waals surface area (Å²) in [6, 6.07) is 7.03. The van der Waals surface area contributed by atoms with Gasteiger partial charge in [-0.05, 0) is 30.4 Å². The largest absolute Gasteiger partial charge is 0.274 e. The van der Waals surface area contributed by atoms with Gasteiger partial charge in [-0.15, -0.1) is 0 Å². The molecule has 1 heterocycles. The fraction of sp³-hybridized carbons (Fsp3) is 0.333. The fourth-order valence-corrected chi connectivity index (χ4v) is 3.99. The molecule has 0 N–H and O–H groups in total. The van der Waals surface area contributed by atoms with E-state index in [1.54, 1.807) is 24.3 Å². The molecule has 0 radical (unpaired) electrons. The number of fused-ring (bicyclic) bond motifs is 5. The van der Waals surface area contributed by atoms with Crippen LogP contribution in [0.5, 0.6) is 0 Å². The Bertz CT molecular complexity index is 594. The Morgan fingerprint density at radius 3 is 2.16 bits per heavy atom. The molecule has 3 nitrogen and oxygen atoms in total. The minimum absolute atomic E-state index is 0.0834. The Balaban J connectivity index is 1.79. The summed E-state index contributed by atoms with van der Waals surface area (Å²) in [4.78, 5) is 26.4. The number of para-hydroxylation sites is 1. The molecule has 0 aromatic heterocycles. The number of rotatable bonds is 1. The average molecular weight is 274 g/mol. The first-order valence-corrected chi connectivity index (χ1v) is 6.87. The SMILES string of the molecule is O=C1C2C3C=CC(C3)C2C(=O)N1c1ccccc1Cl. The minimum Gasteiger partial charge on any atom is -0.274 e. The van der Waals surface area contributed by atoms with Crippen molar-refractivity contribution in [1.82, 2.24) is 0 Å². The van der Waals surface area contributed by atoms with Gasteiger partial charge >= 0.3 is 0 Å². The first kappa shape index (κ1) is 11.2. The number of benzene rings is 1. The highest BCUT2D eigenvalue weighted by Gasteiger charge is 2.59. The first-order chi connectivity index (χ1) is 9.18. The fourth-order valence-electron chi connectivity index (χ4n) is 3.77. The van der Waals surface area contributed by atoms with Gasteiger partial charge in [0.05, 0.1) is 22.5 Å². The van der Waals surface area contributed by atoms with Crippen LogP contribution in [0.25, 0.3) is 0 Å². The van der Waals surface area contributed by atoms with Crippen LogP contribution in [0.2, 0.25) is 5.02 Å². The highest BCUT2D eigenvalue weighted by molar-refractivity contribution is 6.36. The molecule has 2 bridgehead atoms. The van der Waals surface area contributed by atoms with Gasteiger partial charge in [0.15, 0.2) is 0 Å². The van der Waals surface area contributed by atoms with E-state index in [1.807, 2.05) is 0 Å². The molecule has 3 aliphatic rings. The molecule has 2 fully saturated rings. The first-order valence-electron chi connectivity index (χ1n) is 6.49. The predicted molar refractivity (Wildman–Crippen MR) is 71.7 cm³/mol. The van der Waals surface area contributed by atoms with Gasteiger partial charge in [-0.25, -0.2) is 4.90 Å². The lowest BCUT2D eigenvalue weighted by Crippen LogP contribution is -2.33. The number of amides is 2. The maximum Gasteiger partial charge on any atom is 0.238 e. The molecule has 2 amide bonds. The van der Waals surface area contributed by atoms with Crippen LogP contribution in [0.3, 0.4) is 0 Å². The van der Waals surface area contributed by atoms with Crippen LogP contribution in [0.4, 0.5) is 5.69 Å². The van der Waals surface area contributed by atoms with Crippen molar-refractivity contribution in [1.29, 1.82) is 0 Å². The van der Waals surface area contributed by atoms with Crippen molar-refractivity contribution in [2.75, 3.05) is 4.90 Å². The summed E-state index contributed by atoms with van der Waals surface area (Å²) < 4.78 is 0. The summed E-state index contributed by atoms with van der Waals surface area (Å²) in [6.45, 7) is 0. The van der Waals surface area contributed by atoms with Crippen LogP contribution < -0.4 is 4.90 Å². The molecular weight excluding hydrogens is 262 g/mol. The summed E-state index contributed by atoms with van der Waals surface area (Å²) in [5, 5.41) is 0.449. The summed E-state index contributed by atoms with van der Waals surface area (Å²) >= 11 is 6.12. The standard InChI is InChI=1S/C15H12ClNO2/c16-10-3-1-2-4-11(10)17-14(18)12-8-5-6-9(7-8)13(12)15(17)19/h1-6,8-9,12-13H,7H2. The smallest absolute Gasteiger partial charge is 0.238 e. The lowest BCUT2D eigenvalue weighted by Gasteiger charge is -2.18. The van der Waals surface area contributed by atoms with Crippen LogP contribution in [-0.4, -0.2) is 11.8 Å². The number of carbonyl (C=O) groups excluding carboxylic acids is 2. The number of carbonyl (C=O) groups is 2. The van der Waals surface area contributed by atoms with Crippen LogP contribution in [-0.2, 0) is 9.59 Å². The van der Waals surface area contributed by atoms with Crippen molar-refractivity contribution in [3.05, 3.63) is 41.4 Å². The molecule has 1 saturated heterocycles. The van der Waals surface area contributed by atoms with Crippen LogP contribution in [0, 0.1) is 23.7 Å². The van der Waals surface area contributed by atoms with Crippen molar-refractivity contribution in [3.63, 3.8) is 0 Å². The molecule has 1 aliphatic heterocycles. The predicted octanol–water partition coefficient (Wildman–Crippen LogP) is 2.65. The summed E-state index contributed by atoms with van der Waals surface area (Å²) in [6.07, 6.45) is 5.13. The van der Waals surface area contributed by atoms with Crippen molar-refractivity contribution in [2.24, 2.45) is 23.7 Å². The van der Waals surface area contributed by atoms with Gasteiger partial charge in [0.1, 0.15) is 0 Å². The van der Waals surface area contributed by atoms with Crippen LogP contribution in [0.1, 0.15) is 6.42 Å². The van der Waals surface area contributed by atoms with Gasteiger partial charge in [-0.3, -0.25) is 9.59 Å². The van der Waals surface area contributed by atoms with Crippen molar-refractivity contribution in [3.8, 4) is 0 Å². The Hall–Kier alpha value is -1.61. The number of imide groups is 1. The van der Waals surface area contributed by atoms with Crippen LogP contribution in [0.15, 0.2) is 36.4 Å². The number of allylic oxidation sites excluding steroid dienone is 2. The molecule has 96 valence electrons. The summed E-state index contributed by atoms with van der Waals surface area (Å²) in [5.74, 6) is -0.0321. The zero-order valence-corrected chi connectivity index (χ0v) is 10.9. The maximum atomic E-state index is 12.6. The molecule has 4 atom stereocenters. The molecule has 4 unspecified atom stereocenters. The second-order valence-corrected chi connectivity index (χ2v) is 5.87. The Labute approximate surface area is 115 Å². The van der Waals surface area contributed by atoms with E-state index >= 15 is 0 Å². The summed E-state index contributed by atoms with van der Waals surface area (Å²) in [7, 11) is 0. The van der Waals surface area contributed by atoms with E-state index in [0.29, 0.717) is 10.7 Å². The van der Waals surface area contributed by atoms with Crippen LogP contribution >= 0.6 is 11.6 Å². The number of halogens is 1. The van der Waals surface area contributed by atoms with E-state index in [-0.39, 0.29) is 35.5 Å². The number of hydrogen-bond acceptors (Lipinski definition) is 2. The Morgan fingerprint density at radius 2 is 1.58 bits per heavy atom. The van der Waals surface area contributed by atoms with Gasteiger partial charge in [0.2, 0.25) is 11.8 Å². The van der Waals surface area contributed by atoms with Gasteiger partial charge in [0.25, 0.3) is 0 Å². The molecular formula is C15H12ClNO2. The molecule has 1 aromatic carbocycles. The molecule has 19 heavy (non-hydrogen) atoms. The van der Waals surface area contributed by atoms with Crippen molar-refractivity contribution < 1.29 is 9.59 Å². The number of anilines is 1. The maximum absolute atomic E-state index is 12.6. The van der Waals surface area contributed by atoms with E-state index < -0.39 is 0 Å². The number of hydrogen-bond donors (Lipinski definition) is 0. The van der Waals surface area contributed by atoms with Gasteiger partial charge in [0, 0.05) is 0 Å². The molecule has 1 aromatic rings. The Kier molecular flexibility index (Phi) is 2.19. The van der Waals surface area contributed by atoms with E-state index in [1.165, 1.54) is 4.90 Å². The monoisotopic (exact) mass is 273 g/mol. The highest BCUT2D eigenvalue weighted by atomic mass is 35.5. The minimum atomic E-state index is -0.168. The average Bonchev–Trinajstić information content (AvgIpc) is 3.06. The quantitative estimate of drug-likeness (QED) is 0.583. The van der Waals surface area contributed by atoms with E-state index in [4.69, 9.17) is 11.6 Å². The second kappa shape index (κ2) is 3.70. The van der Waals surface area contributed by atoms with E-state index in [0.717, 1.165) is 6.42 Å². The van der Waals surface area contributed by atoms with E-state index in [2.05, 4.69) is 12.2 Å². The third-order valence-electron chi connectivity index (χ3n) is 4.56. The molecule has 0 spiro atoms. The van der Waals surface area contributed by atoms with E-state index in [9.17, 15) is 9.59 Å². The topological polar surface area (TPSA) is 37.4 Å². The third kappa shape index (κ3) is 1.34. The van der Waals surface area contributed by atoms with Crippen molar-refractivity contribution in [2.45, 2.75) is 6.42 Å². The zero-order valence-electron chi connectivity index (χ0n) is 10.1. The molecule has 2 aliphatic carbocycles. The normalized spacial score (nSPS) is 35.3. The van der Waals surface area contributed by atoms with Gasteiger partial charge in [-0.1, -0.05) is 35.9 Å². The third-order valence-corrected chi connectivity index (χ3v) is 4.88. The Morgan fingerprint density at radius 1 is 1.00 bits per heavy atom.